The molecule has 21 heavy (non-hydrogen) atoms. The Labute approximate surface area is 123 Å². The Morgan fingerprint density at radius 2 is 1.76 bits per heavy atom. The van der Waals surface area contributed by atoms with Crippen molar-refractivity contribution in [2.24, 2.45) is 5.73 Å². The topological polar surface area (TPSA) is 26.0 Å². The van der Waals surface area contributed by atoms with Crippen molar-refractivity contribution in [3.05, 3.63) is 59.2 Å². The molecule has 0 amide bonds. The molecule has 0 aliphatic heterocycles. The largest absolute Gasteiger partial charge is 0.330 e. The molecule has 0 saturated carbocycles. The number of benzene rings is 2. The summed E-state index contributed by atoms with van der Waals surface area (Å²) >= 11 is 0. The van der Waals surface area contributed by atoms with Gasteiger partial charge >= 0.3 is 0 Å². The van der Waals surface area contributed by atoms with Crippen LogP contribution in [0.25, 0.3) is 11.1 Å². The van der Waals surface area contributed by atoms with Crippen LogP contribution in [0.3, 0.4) is 0 Å². The number of fused-ring (bicyclic) bond motifs is 1. The second-order valence-corrected chi connectivity index (χ2v) is 5.71. The van der Waals surface area contributed by atoms with Gasteiger partial charge in [0.15, 0.2) is 11.6 Å². The Kier molecular flexibility index (Phi) is 4.02. The van der Waals surface area contributed by atoms with E-state index in [2.05, 4.69) is 12.1 Å². The zero-order chi connectivity index (χ0) is 14.8. The fourth-order valence-electron chi connectivity index (χ4n) is 3.25. The molecular weight excluding hydrogens is 268 g/mol. The third-order valence-electron chi connectivity index (χ3n) is 4.35. The average molecular weight is 287 g/mol. The molecule has 3 heteroatoms. The zero-order valence-electron chi connectivity index (χ0n) is 11.9. The number of hydrogen-bond donors (Lipinski definition) is 1. The maximum atomic E-state index is 13.4. The molecule has 0 bridgehead atoms. The number of nitrogens with two attached hydrogens (primary N) is 1. The third-order valence-corrected chi connectivity index (χ3v) is 4.35. The molecule has 0 radical (unpaired) electrons. The van der Waals surface area contributed by atoms with Gasteiger partial charge in [-0.3, -0.25) is 0 Å². The fourth-order valence-corrected chi connectivity index (χ4v) is 3.25. The summed E-state index contributed by atoms with van der Waals surface area (Å²) in [5.41, 5.74) is 10.1. The number of aryl methyl sites for hydroxylation is 1. The van der Waals surface area contributed by atoms with E-state index in [1.165, 1.54) is 29.7 Å². The van der Waals surface area contributed by atoms with E-state index in [1.54, 1.807) is 6.07 Å². The first-order chi connectivity index (χ1) is 10.2. The molecule has 1 aliphatic carbocycles. The van der Waals surface area contributed by atoms with Crippen molar-refractivity contribution in [2.45, 2.75) is 31.6 Å². The van der Waals surface area contributed by atoms with Crippen molar-refractivity contribution in [1.82, 2.24) is 0 Å². The molecule has 0 saturated heterocycles. The molecule has 0 spiro atoms. The van der Waals surface area contributed by atoms with E-state index in [4.69, 9.17) is 5.73 Å². The zero-order valence-corrected chi connectivity index (χ0v) is 11.9. The van der Waals surface area contributed by atoms with Gasteiger partial charge in [0.25, 0.3) is 0 Å². The average Bonchev–Trinajstić information content (AvgIpc) is 2.50. The first-order valence-corrected chi connectivity index (χ1v) is 7.47. The van der Waals surface area contributed by atoms with Crippen LogP contribution in [0.1, 0.15) is 36.3 Å². The van der Waals surface area contributed by atoms with Gasteiger partial charge in [-0.15, -0.1) is 0 Å². The van der Waals surface area contributed by atoms with E-state index in [-0.39, 0.29) is 0 Å². The summed E-state index contributed by atoms with van der Waals surface area (Å²) in [4.78, 5) is 0. The second-order valence-electron chi connectivity index (χ2n) is 5.71. The minimum atomic E-state index is -0.808. The SMILES string of the molecule is NCCC1CCCc2ccc(-c3ccc(F)c(F)c3)cc21. The number of hydrogen-bond acceptors (Lipinski definition) is 1. The highest BCUT2D eigenvalue weighted by Gasteiger charge is 2.20. The van der Waals surface area contributed by atoms with Crippen LogP contribution in [-0.4, -0.2) is 6.54 Å². The Hall–Kier alpha value is -1.74. The maximum Gasteiger partial charge on any atom is 0.159 e. The maximum absolute atomic E-state index is 13.4. The predicted octanol–water partition coefficient (Wildman–Crippen LogP) is 4.40. The van der Waals surface area contributed by atoms with Gasteiger partial charge in [0.1, 0.15) is 0 Å². The number of rotatable bonds is 3. The van der Waals surface area contributed by atoms with E-state index < -0.39 is 11.6 Å². The second kappa shape index (κ2) is 5.94. The summed E-state index contributed by atoms with van der Waals surface area (Å²) in [6.07, 6.45) is 4.43. The first-order valence-electron chi connectivity index (χ1n) is 7.47. The molecule has 2 aromatic carbocycles. The van der Waals surface area contributed by atoms with E-state index in [1.807, 2.05) is 6.07 Å². The summed E-state index contributed by atoms with van der Waals surface area (Å²) in [5.74, 6) is -1.12. The predicted molar refractivity (Wildman–Crippen MR) is 81.1 cm³/mol. The normalized spacial score (nSPS) is 17.6. The summed E-state index contributed by atoms with van der Waals surface area (Å²) in [5, 5.41) is 0. The quantitative estimate of drug-likeness (QED) is 0.889. The van der Waals surface area contributed by atoms with Crippen molar-refractivity contribution in [1.29, 1.82) is 0 Å². The molecule has 0 aromatic heterocycles. The molecule has 1 atom stereocenters. The monoisotopic (exact) mass is 287 g/mol. The molecule has 1 unspecified atom stereocenters. The Morgan fingerprint density at radius 3 is 2.52 bits per heavy atom. The molecule has 0 heterocycles. The highest BCUT2D eigenvalue weighted by atomic mass is 19.2. The van der Waals surface area contributed by atoms with Crippen LogP contribution in [-0.2, 0) is 6.42 Å². The van der Waals surface area contributed by atoms with Crippen LogP contribution in [0.15, 0.2) is 36.4 Å². The highest BCUT2D eigenvalue weighted by molar-refractivity contribution is 5.65. The van der Waals surface area contributed by atoms with Crippen LogP contribution in [0, 0.1) is 11.6 Å². The van der Waals surface area contributed by atoms with Gasteiger partial charge in [0, 0.05) is 0 Å². The molecule has 2 N–H and O–H groups in total. The smallest absolute Gasteiger partial charge is 0.159 e. The minimum absolute atomic E-state index is 0.490. The van der Waals surface area contributed by atoms with E-state index in [9.17, 15) is 8.78 Å². The van der Waals surface area contributed by atoms with Crippen LogP contribution in [0.5, 0.6) is 0 Å². The van der Waals surface area contributed by atoms with Crippen molar-refractivity contribution in [2.75, 3.05) is 6.54 Å². The molecule has 0 fully saturated rings. The number of halogens is 2. The van der Waals surface area contributed by atoms with Crippen LogP contribution < -0.4 is 5.73 Å². The van der Waals surface area contributed by atoms with Crippen molar-refractivity contribution < 1.29 is 8.78 Å². The Morgan fingerprint density at radius 1 is 1.00 bits per heavy atom. The summed E-state index contributed by atoms with van der Waals surface area (Å²) in [6.45, 7) is 0.680. The Bertz CT molecular complexity index is 652. The lowest BCUT2D eigenvalue weighted by Crippen LogP contribution is -2.14. The lowest BCUT2D eigenvalue weighted by molar-refractivity contribution is 0.509. The minimum Gasteiger partial charge on any atom is -0.330 e. The van der Waals surface area contributed by atoms with Gasteiger partial charge in [-0.2, -0.15) is 0 Å². The van der Waals surface area contributed by atoms with Crippen LogP contribution >= 0.6 is 0 Å². The van der Waals surface area contributed by atoms with Gasteiger partial charge in [0.05, 0.1) is 0 Å². The fraction of sp³-hybridized carbons (Fsp3) is 0.333. The van der Waals surface area contributed by atoms with Gasteiger partial charge < -0.3 is 5.73 Å². The lowest BCUT2D eigenvalue weighted by atomic mass is 9.80. The van der Waals surface area contributed by atoms with Gasteiger partial charge in [-0.25, -0.2) is 8.78 Å². The summed E-state index contributed by atoms with van der Waals surface area (Å²) < 4.78 is 26.5. The first kappa shape index (κ1) is 14.2. The van der Waals surface area contributed by atoms with E-state index in [0.717, 1.165) is 24.8 Å². The van der Waals surface area contributed by atoms with Gasteiger partial charge in [-0.05, 0) is 72.5 Å². The van der Waals surface area contributed by atoms with Crippen molar-refractivity contribution >= 4 is 0 Å². The molecule has 1 aliphatic rings. The molecular formula is C18H19F2N. The van der Waals surface area contributed by atoms with Gasteiger partial charge in [0.2, 0.25) is 0 Å². The lowest BCUT2D eigenvalue weighted by Gasteiger charge is -2.26. The van der Waals surface area contributed by atoms with E-state index in [0.29, 0.717) is 18.0 Å². The molecule has 2 aromatic rings. The third kappa shape index (κ3) is 2.84. The van der Waals surface area contributed by atoms with Crippen LogP contribution in [0.4, 0.5) is 8.78 Å². The molecule has 3 rings (SSSR count). The van der Waals surface area contributed by atoms with Crippen LogP contribution in [0.2, 0.25) is 0 Å². The molecule has 1 nitrogen and oxygen atoms in total. The van der Waals surface area contributed by atoms with Crippen molar-refractivity contribution in [3.63, 3.8) is 0 Å². The standard InChI is InChI=1S/C18H19F2N/c19-17-7-6-15(11-18(17)20)14-5-4-12-2-1-3-13(8-9-21)16(12)10-14/h4-7,10-11,13H,1-3,8-9,21H2. The summed E-state index contributed by atoms with van der Waals surface area (Å²) in [6, 6.07) is 10.3. The van der Waals surface area contributed by atoms with Crippen molar-refractivity contribution in [3.8, 4) is 11.1 Å². The molecule has 110 valence electrons. The summed E-state index contributed by atoms with van der Waals surface area (Å²) in [7, 11) is 0. The Balaban J connectivity index is 2.01. The highest BCUT2D eigenvalue weighted by Crippen LogP contribution is 2.36. The van der Waals surface area contributed by atoms with E-state index >= 15 is 0 Å². The van der Waals surface area contributed by atoms with Gasteiger partial charge in [-0.1, -0.05) is 24.3 Å².